The molecular weight excluding hydrogens is 228 g/mol. The van der Waals surface area contributed by atoms with Crippen LogP contribution in [0.15, 0.2) is 6.07 Å². The number of likely N-dealkylation sites (tertiary alicyclic amines) is 1. The Morgan fingerprint density at radius 3 is 2.83 bits per heavy atom. The summed E-state index contributed by atoms with van der Waals surface area (Å²) in [4.78, 5) is 14.3. The summed E-state index contributed by atoms with van der Waals surface area (Å²) < 4.78 is 1.80. The van der Waals surface area contributed by atoms with Gasteiger partial charge in [-0.1, -0.05) is 0 Å². The van der Waals surface area contributed by atoms with Crippen molar-refractivity contribution in [2.75, 3.05) is 13.1 Å². The molecule has 0 radical (unpaired) electrons. The predicted molar refractivity (Wildman–Crippen MR) is 70.2 cm³/mol. The van der Waals surface area contributed by atoms with Crippen LogP contribution in [-0.2, 0) is 4.79 Å². The van der Waals surface area contributed by atoms with E-state index in [4.69, 9.17) is 5.73 Å². The van der Waals surface area contributed by atoms with Gasteiger partial charge in [-0.2, -0.15) is 5.10 Å². The van der Waals surface area contributed by atoms with Crippen LogP contribution in [0, 0.1) is 13.8 Å². The molecule has 1 aromatic rings. The molecule has 5 nitrogen and oxygen atoms in total. The monoisotopic (exact) mass is 250 g/mol. The quantitative estimate of drug-likeness (QED) is 0.852. The number of nitrogens with two attached hydrogens (primary N) is 1. The van der Waals surface area contributed by atoms with Gasteiger partial charge in [0.1, 0.15) is 6.04 Å². The molecule has 0 aliphatic carbocycles. The third-order valence-corrected chi connectivity index (χ3v) is 3.54. The number of hydrogen-bond acceptors (Lipinski definition) is 3. The van der Waals surface area contributed by atoms with Crippen molar-refractivity contribution < 1.29 is 4.79 Å². The summed E-state index contributed by atoms with van der Waals surface area (Å²) in [6.07, 6.45) is 2.01. The van der Waals surface area contributed by atoms with E-state index in [2.05, 4.69) is 5.10 Å². The summed E-state index contributed by atoms with van der Waals surface area (Å²) in [7, 11) is 0. The third kappa shape index (κ3) is 2.56. The number of carbonyl (C=O) groups is 1. The molecule has 1 aromatic heterocycles. The molecule has 2 N–H and O–H groups in total. The van der Waals surface area contributed by atoms with Crippen molar-refractivity contribution in [3.05, 3.63) is 17.5 Å². The Hall–Kier alpha value is -1.36. The molecule has 2 rings (SSSR count). The van der Waals surface area contributed by atoms with E-state index in [9.17, 15) is 4.79 Å². The van der Waals surface area contributed by atoms with E-state index in [-0.39, 0.29) is 18.0 Å². The number of hydrogen-bond donors (Lipinski definition) is 1. The lowest BCUT2D eigenvalue weighted by atomic mass is 10.1. The van der Waals surface area contributed by atoms with Gasteiger partial charge < -0.3 is 10.6 Å². The van der Waals surface area contributed by atoms with E-state index >= 15 is 0 Å². The average Bonchev–Trinajstić information content (AvgIpc) is 2.66. The standard InChI is InChI=1S/C13H22N4O/c1-9-7-10(2)17(15-9)11(3)13(18)16-6-4-5-12(14)8-16/h7,11-12H,4-6,8,14H2,1-3H3. The summed E-state index contributed by atoms with van der Waals surface area (Å²) in [6.45, 7) is 7.31. The van der Waals surface area contributed by atoms with Gasteiger partial charge in [-0.15, -0.1) is 0 Å². The summed E-state index contributed by atoms with van der Waals surface area (Å²) in [5.74, 6) is 0.122. The van der Waals surface area contributed by atoms with Crippen molar-refractivity contribution in [1.82, 2.24) is 14.7 Å². The zero-order valence-electron chi connectivity index (χ0n) is 11.4. The van der Waals surface area contributed by atoms with Crippen LogP contribution in [0.2, 0.25) is 0 Å². The summed E-state index contributed by atoms with van der Waals surface area (Å²) in [5, 5.41) is 4.38. The van der Waals surface area contributed by atoms with E-state index in [0.717, 1.165) is 30.8 Å². The maximum absolute atomic E-state index is 12.4. The average molecular weight is 250 g/mol. The van der Waals surface area contributed by atoms with Crippen molar-refractivity contribution in [3.63, 3.8) is 0 Å². The fraction of sp³-hybridized carbons (Fsp3) is 0.692. The van der Waals surface area contributed by atoms with Crippen molar-refractivity contribution in [3.8, 4) is 0 Å². The Kier molecular flexibility index (Phi) is 3.71. The summed E-state index contributed by atoms with van der Waals surface area (Å²) in [6, 6.07) is 1.87. The molecule has 100 valence electrons. The lowest BCUT2D eigenvalue weighted by Crippen LogP contribution is -2.47. The molecule has 2 atom stereocenters. The van der Waals surface area contributed by atoms with Gasteiger partial charge >= 0.3 is 0 Å². The van der Waals surface area contributed by atoms with Gasteiger partial charge in [0.2, 0.25) is 5.91 Å². The first-order valence-electron chi connectivity index (χ1n) is 6.56. The minimum atomic E-state index is -0.246. The highest BCUT2D eigenvalue weighted by Crippen LogP contribution is 2.17. The van der Waals surface area contributed by atoms with Crippen molar-refractivity contribution in [2.45, 2.75) is 45.7 Å². The molecule has 0 bridgehead atoms. The second-order valence-electron chi connectivity index (χ2n) is 5.23. The van der Waals surface area contributed by atoms with Crippen LogP contribution in [0.5, 0.6) is 0 Å². The topological polar surface area (TPSA) is 64.2 Å². The Balaban J connectivity index is 2.11. The lowest BCUT2D eigenvalue weighted by Gasteiger charge is -2.32. The van der Waals surface area contributed by atoms with Gasteiger partial charge in [0.25, 0.3) is 0 Å². The van der Waals surface area contributed by atoms with E-state index in [0.29, 0.717) is 6.54 Å². The van der Waals surface area contributed by atoms with Gasteiger partial charge in [-0.05, 0) is 39.7 Å². The van der Waals surface area contributed by atoms with Gasteiger partial charge in [-0.25, -0.2) is 0 Å². The van der Waals surface area contributed by atoms with Crippen LogP contribution in [0.3, 0.4) is 0 Å². The van der Waals surface area contributed by atoms with Crippen molar-refractivity contribution >= 4 is 5.91 Å². The number of carbonyl (C=O) groups excluding carboxylic acids is 1. The second-order valence-corrected chi connectivity index (χ2v) is 5.23. The Labute approximate surface area is 108 Å². The molecule has 18 heavy (non-hydrogen) atoms. The van der Waals surface area contributed by atoms with Crippen LogP contribution < -0.4 is 5.73 Å². The highest BCUT2D eigenvalue weighted by Gasteiger charge is 2.27. The SMILES string of the molecule is Cc1cc(C)n(C(C)C(=O)N2CCCC(N)C2)n1. The summed E-state index contributed by atoms with van der Waals surface area (Å²) >= 11 is 0. The van der Waals surface area contributed by atoms with E-state index in [1.165, 1.54) is 0 Å². The molecular formula is C13H22N4O. The number of nitrogens with zero attached hydrogens (tertiary/aromatic N) is 3. The highest BCUT2D eigenvalue weighted by molar-refractivity contribution is 5.80. The first-order valence-corrected chi connectivity index (χ1v) is 6.56. The molecule has 2 unspecified atom stereocenters. The molecule has 5 heteroatoms. The molecule has 1 fully saturated rings. The zero-order chi connectivity index (χ0) is 13.3. The van der Waals surface area contributed by atoms with Gasteiger partial charge in [-0.3, -0.25) is 9.48 Å². The van der Waals surface area contributed by atoms with E-state index in [1.807, 2.05) is 31.7 Å². The molecule has 2 heterocycles. The maximum atomic E-state index is 12.4. The minimum Gasteiger partial charge on any atom is -0.339 e. The molecule has 0 spiro atoms. The van der Waals surface area contributed by atoms with Gasteiger partial charge in [0, 0.05) is 24.8 Å². The number of piperidine rings is 1. The maximum Gasteiger partial charge on any atom is 0.247 e. The third-order valence-electron chi connectivity index (χ3n) is 3.54. The van der Waals surface area contributed by atoms with E-state index in [1.54, 1.807) is 4.68 Å². The smallest absolute Gasteiger partial charge is 0.247 e. The van der Waals surface area contributed by atoms with Crippen molar-refractivity contribution in [2.24, 2.45) is 5.73 Å². The van der Waals surface area contributed by atoms with Crippen molar-refractivity contribution in [1.29, 1.82) is 0 Å². The molecule has 1 amide bonds. The van der Waals surface area contributed by atoms with Crippen LogP contribution in [-0.4, -0.2) is 39.7 Å². The van der Waals surface area contributed by atoms with Crippen LogP contribution >= 0.6 is 0 Å². The number of rotatable bonds is 2. The number of aromatic nitrogens is 2. The predicted octanol–water partition coefficient (Wildman–Crippen LogP) is 1.01. The zero-order valence-corrected chi connectivity index (χ0v) is 11.4. The van der Waals surface area contributed by atoms with Gasteiger partial charge in [0.15, 0.2) is 0 Å². The molecule has 0 saturated carbocycles. The van der Waals surface area contributed by atoms with E-state index < -0.39 is 0 Å². The molecule has 1 aliphatic heterocycles. The van der Waals surface area contributed by atoms with Crippen LogP contribution in [0.1, 0.15) is 37.2 Å². The fourth-order valence-electron chi connectivity index (χ4n) is 2.62. The van der Waals surface area contributed by atoms with Crippen LogP contribution in [0.25, 0.3) is 0 Å². The summed E-state index contributed by atoms with van der Waals surface area (Å²) in [5.41, 5.74) is 7.89. The number of aryl methyl sites for hydroxylation is 2. The minimum absolute atomic E-state index is 0.121. The molecule has 0 aromatic carbocycles. The molecule has 1 aliphatic rings. The largest absolute Gasteiger partial charge is 0.339 e. The normalized spacial score (nSPS) is 22.0. The number of amides is 1. The highest BCUT2D eigenvalue weighted by atomic mass is 16.2. The Morgan fingerprint density at radius 2 is 2.28 bits per heavy atom. The van der Waals surface area contributed by atoms with Crippen LogP contribution in [0.4, 0.5) is 0 Å². The first kappa shape index (κ1) is 13.1. The fourth-order valence-corrected chi connectivity index (χ4v) is 2.62. The van der Waals surface area contributed by atoms with Gasteiger partial charge in [0.05, 0.1) is 5.69 Å². The Bertz CT molecular complexity index is 440. The molecule has 1 saturated heterocycles. The second kappa shape index (κ2) is 5.10. The first-order chi connectivity index (χ1) is 8.49. The Morgan fingerprint density at radius 1 is 1.56 bits per heavy atom. The lowest BCUT2D eigenvalue weighted by molar-refractivity contribution is -0.135.